The highest BCUT2D eigenvalue weighted by atomic mass is 35.9. The number of H-pyrrole nitrogens is 1. The van der Waals surface area contributed by atoms with Gasteiger partial charge in [0, 0.05) is 70.7 Å². The lowest BCUT2D eigenvalue weighted by Crippen LogP contribution is -2.33. The molecule has 2 N–H and O–H groups in total. The molecule has 1 saturated heterocycles. The zero-order valence-electron chi connectivity index (χ0n) is 37.3. The molecule has 22 heteroatoms. The number of aryl methyl sites for hydroxylation is 1. The van der Waals surface area contributed by atoms with Gasteiger partial charge in [0.15, 0.2) is 0 Å². The number of non-ortho nitro benzene ring substituents is 1. The third-order valence-electron chi connectivity index (χ3n) is 9.41. The van der Waals surface area contributed by atoms with Crippen molar-refractivity contribution in [3.8, 4) is 11.5 Å². The van der Waals surface area contributed by atoms with Crippen molar-refractivity contribution in [3.63, 3.8) is 0 Å². The fourth-order valence-corrected chi connectivity index (χ4v) is 8.56. The molecule has 362 valence electrons. The van der Waals surface area contributed by atoms with Gasteiger partial charge in [0.05, 0.1) is 29.8 Å². The van der Waals surface area contributed by atoms with Crippen LogP contribution in [0.2, 0.25) is 0 Å². The SMILES string of the molecule is CC/C=C\C/C=C\C/C=C\C/C=C\C/C=C\CCCC(=O)NCCCP(=O)(OC[C@H]1OC(n2cc(C)c(=O)[nH]c2=O)C[C@@H]1N=[N+]=[N-])Oc1ccccc1.O=[N+]([O-])c1ccc(OP(=O)(Cl)Cl)cc1. The van der Waals surface area contributed by atoms with Gasteiger partial charge >= 0.3 is 19.4 Å². The third kappa shape index (κ3) is 23.2. The summed E-state index contributed by atoms with van der Waals surface area (Å²) in [7, 11) is -3.78. The maximum Gasteiger partial charge on any atom is 0.428 e. The lowest BCUT2D eigenvalue weighted by atomic mass is 10.1. The van der Waals surface area contributed by atoms with Crippen LogP contribution in [0.3, 0.4) is 0 Å². The highest BCUT2D eigenvalue weighted by Gasteiger charge is 2.39. The van der Waals surface area contributed by atoms with Crippen molar-refractivity contribution >= 4 is 47.7 Å². The number of aromatic nitrogens is 2. The highest BCUT2D eigenvalue weighted by Crippen LogP contribution is 2.57. The Hall–Kier alpha value is -5.44. The van der Waals surface area contributed by atoms with Gasteiger partial charge in [-0.05, 0) is 88.1 Å². The number of halogens is 2. The molecule has 0 bridgehead atoms. The van der Waals surface area contributed by atoms with E-state index in [4.69, 9.17) is 41.8 Å². The van der Waals surface area contributed by atoms with Crippen LogP contribution in [0.25, 0.3) is 10.4 Å². The Kier molecular flexibility index (Phi) is 25.7. The number of nitro benzene ring substituents is 1. The van der Waals surface area contributed by atoms with Crippen molar-refractivity contribution in [2.24, 2.45) is 5.11 Å². The van der Waals surface area contributed by atoms with Crippen LogP contribution in [0.5, 0.6) is 11.5 Å². The van der Waals surface area contributed by atoms with Gasteiger partial charge in [-0.3, -0.25) is 33.8 Å². The molecule has 2 heterocycles. The van der Waals surface area contributed by atoms with Crippen LogP contribution in [0.1, 0.15) is 82.9 Å². The predicted octanol–water partition coefficient (Wildman–Crippen LogP) is 12.1. The lowest BCUT2D eigenvalue weighted by Gasteiger charge is -2.23. The van der Waals surface area contributed by atoms with E-state index in [0.717, 1.165) is 44.9 Å². The second-order valence-electron chi connectivity index (χ2n) is 14.7. The van der Waals surface area contributed by atoms with Crippen LogP contribution in [0.4, 0.5) is 5.69 Å². The van der Waals surface area contributed by atoms with E-state index in [2.05, 4.69) is 92.5 Å². The average Bonchev–Trinajstić information content (AvgIpc) is 3.69. The summed E-state index contributed by atoms with van der Waals surface area (Å²) in [6, 6.07) is 12.8. The molecule has 1 fully saturated rings. The quantitative estimate of drug-likeness (QED) is 0.0106. The molecular formula is C45H57Cl2N7O11P2. The number of nitrogens with one attached hydrogen (secondary N) is 2. The number of carbonyl (C=O) groups is 1. The molecule has 4 atom stereocenters. The molecule has 0 saturated carbocycles. The Bertz CT molecular complexity index is 2430. The summed E-state index contributed by atoms with van der Waals surface area (Å²) in [4.78, 5) is 51.5. The first-order chi connectivity index (χ1) is 32.1. The number of aromatic amines is 1. The number of amides is 1. The number of hydrogen-bond acceptors (Lipinski definition) is 12. The maximum absolute atomic E-state index is 14.0. The fourth-order valence-electron chi connectivity index (χ4n) is 6.08. The van der Waals surface area contributed by atoms with Crippen molar-refractivity contribution in [1.29, 1.82) is 0 Å². The summed E-state index contributed by atoms with van der Waals surface area (Å²) in [5.41, 5.74) is 8.18. The molecule has 67 heavy (non-hydrogen) atoms. The molecule has 1 aliphatic heterocycles. The van der Waals surface area contributed by atoms with Gasteiger partial charge in [0.2, 0.25) is 5.91 Å². The van der Waals surface area contributed by atoms with E-state index < -0.39 is 48.2 Å². The van der Waals surface area contributed by atoms with Gasteiger partial charge in [-0.2, -0.15) is 0 Å². The second-order valence-corrected chi connectivity index (χ2v) is 21.0. The minimum Gasteiger partial charge on any atom is -0.424 e. The molecule has 2 unspecified atom stereocenters. The predicted molar refractivity (Wildman–Crippen MR) is 262 cm³/mol. The molecule has 2 aromatic carbocycles. The number of carbonyl (C=O) groups excluding carboxylic acids is 1. The van der Waals surface area contributed by atoms with Crippen LogP contribution < -0.4 is 25.6 Å². The Morgan fingerprint density at radius 3 is 2.12 bits per heavy atom. The van der Waals surface area contributed by atoms with Crippen LogP contribution in [0.15, 0.2) is 136 Å². The van der Waals surface area contributed by atoms with Crippen LogP contribution in [0, 0.1) is 17.0 Å². The minimum absolute atomic E-state index is 0.00309. The number of nitro groups is 1. The molecule has 0 aliphatic carbocycles. The minimum atomic E-state index is -3.78. The first-order valence-corrected chi connectivity index (χ1v) is 26.7. The topological polar surface area (TPSA) is 247 Å². The Morgan fingerprint density at radius 1 is 0.940 bits per heavy atom. The molecule has 3 aromatic rings. The van der Waals surface area contributed by atoms with E-state index in [1.807, 2.05) is 0 Å². The maximum atomic E-state index is 14.0. The Labute approximate surface area is 399 Å². The summed E-state index contributed by atoms with van der Waals surface area (Å²) in [6.07, 6.45) is 24.7. The van der Waals surface area contributed by atoms with E-state index in [1.54, 1.807) is 37.3 Å². The molecule has 0 spiro atoms. The number of unbranched alkanes of at least 4 members (excludes halogenated alkanes) is 1. The molecule has 4 rings (SSSR count). The van der Waals surface area contributed by atoms with Crippen molar-refractivity contribution < 1.29 is 37.2 Å². The normalized spacial score (nSPS) is 17.1. The second kappa shape index (κ2) is 30.8. The number of ether oxygens (including phenoxy) is 1. The monoisotopic (exact) mass is 1000 g/mol. The first-order valence-electron chi connectivity index (χ1n) is 21.6. The molecule has 0 radical (unpaired) electrons. The molecule has 1 aromatic heterocycles. The van der Waals surface area contributed by atoms with Crippen molar-refractivity contribution in [1.82, 2.24) is 14.9 Å². The number of rotatable bonds is 27. The fraction of sp³-hybridized carbons (Fsp3) is 0.400. The summed E-state index contributed by atoms with van der Waals surface area (Å²) in [5, 5.41) is 16.9. The van der Waals surface area contributed by atoms with Crippen LogP contribution >= 0.6 is 36.2 Å². The van der Waals surface area contributed by atoms with Gasteiger partial charge in [-0.25, -0.2) is 13.9 Å². The number of para-hydroxylation sites is 1. The molecule has 18 nitrogen and oxygen atoms in total. The van der Waals surface area contributed by atoms with Gasteiger partial charge in [-0.15, -0.1) is 0 Å². The van der Waals surface area contributed by atoms with Crippen LogP contribution in [-0.2, 0) is 23.2 Å². The van der Waals surface area contributed by atoms with E-state index >= 15 is 0 Å². The smallest absolute Gasteiger partial charge is 0.424 e. The lowest BCUT2D eigenvalue weighted by molar-refractivity contribution is -0.384. The van der Waals surface area contributed by atoms with Gasteiger partial charge < -0.3 is 19.1 Å². The summed E-state index contributed by atoms with van der Waals surface area (Å²) in [6.45, 7) is 3.73. The number of allylic oxidation sites excluding steroid dienone is 10. The number of benzene rings is 2. The van der Waals surface area contributed by atoms with E-state index in [9.17, 15) is 33.6 Å². The van der Waals surface area contributed by atoms with E-state index in [1.165, 1.54) is 35.0 Å². The van der Waals surface area contributed by atoms with Crippen LogP contribution in [-0.4, -0.2) is 51.8 Å². The summed E-state index contributed by atoms with van der Waals surface area (Å²) in [5.74, 6) is 0.373. The van der Waals surface area contributed by atoms with Crippen molar-refractivity contribution in [2.45, 2.75) is 96.4 Å². The van der Waals surface area contributed by atoms with E-state index in [-0.39, 0.29) is 43.1 Å². The molecule has 1 amide bonds. The Balaban J connectivity index is 0.000000723. The number of azide groups is 1. The summed E-state index contributed by atoms with van der Waals surface area (Å²) < 4.78 is 48.3. The van der Waals surface area contributed by atoms with E-state index in [0.29, 0.717) is 24.2 Å². The molecule has 1 aliphatic rings. The zero-order chi connectivity index (χ0) is 48.9. The van der Waals surface area contributed by atoms with Crippen molar-refractivity contribution in [2.75, 3.05) is 19.3 Å². The van der Waals surface area contributed by atoms with Gasteiger partial charge in [0.25, 0.3) is 11.2 Å². The third-order valence-corrected chi connectivity index (χ3v) is 12.1. The Morgan fingerprint density at radius 2 is 1.54 bits per heavy atom. The average molecular weight is 1000 g/mol. The standard InChI is InChI=1S/C39H53N6O7P.C6H4Cl2NO4P/c1-3-4-5-6-7-8-9-10-11-12-13-14-15-16-17-18-22-26-36(46)41-27-23-28-53(49,52-33-24-20-19-21-25-33)50-31-35-34(43-44-40)29-37(51-35)45-30-32(2)38(47)42-39(45)48;7-14(8,12)13-6-3-1-5(2-4-6)9(10)11/h4-5,7-8,10-11,13-14,16-17,19-21,24-25,30,34-35,37H,3,6,9,12,15,18,22-23,26-29,31H2,1-2H3,(H,41,46)(H,42,47,48);1-4H/b5-4-,8-7-,11-10-,14-13-,17-16-;/t34-,35+,37?,53?;/m0./s1. The molecular weight excluding hydrogens is 947 g/mol. The summed E-state index contributed by atoms with van der Waals surface area (Å²) >= 11 is 10.3. The van der Waals surface area contributed by atoms with Gasteiger partial charge in [0.1, 0.15) is 17.7 Å². The first kappa shape index (κ1) is 55.9. The highest BCUT2D eigenvalue weighted by molar-refractivity contribution is 8.05. The zero-order valence-corrected chi connectivity index (χ0v) is 40.6. The van der Waals surface area contributed by atoms with Crippen molar-refractivity contribution in [3.05, 3.63) is 169 Å². The van der Waals surface area contributed by atoms with Gasteiger partial charge in [-0.1, -0.05) is 91.0 Å². The largest absolute Gasteiger partial charge is 0.428 e. The number of nitrogens with zero attached hydrogens (tertiary/aromatic N) is 5. The number of hydrogen-bond donors (Lipinski definition) is 2.